The van der Waals surface area contributed by atoms with Crippen molar-refractivity contribution in [1.82, 2.24) is 15.8 Å². The number of hydrogen-bond donors (Lipinski definition) is 3. The van der Waals surface area contributed by atoms with Crippen LogP contribution in [-0.2, 0) is 0 Å². The summed E-state index contributed by atoms with van der Waals surface area (Å²) in [6.45, 7) is 0. The van der Waals surface area contributed by atoms with Gasteiger partial charge in [0.2, 0.25) is 0 Å². The van der Waals surface area contributed by atoms with Crippen LogP contribution in [0.15, 0.2) is 0 Å². The van der Waals surface area contributed by atoms with Gasteiger partial charge in [-0.25, -0.2) is 20.0 Å². The zero-order chi connectivity index (χ0) is 8.15. The van der Waals surface area contributed by atoms with Crippen LogP contribution < -0.4 is 16.5 Å². The highest BCUT2D eigenvalue weighted by Gasteiger charge is 2.04. The van der Waals surface area contributed by atoms with Crippen LogP contribution in [0.5, 0.6) is 0 Å². The molecule has 0 spiro atoms. The Morgan fingerprint density at radius 1 is 1.50 bits per heavy atom. The number of amides is 4. The van der Waals surface area contributed by atoms with Crippen LogP contribution in [0.25, 0.3) is 0 Å². The minimum absolute atomic E-state index is 0.485. The van der Waals surface area contributed by atoms with Crippen LogP contribution in [0.1, 0.15) is 0 Å². The monoisotopic (exact) mass is 146 g/mol. The highest BCUT2D eigenvalue weighted by atomic mass is 16.2. The van der Waals surface area contributed by atoms with Gasteiger partial charge in [0.1, 0.15) is 0 Å². The molecular weight excluding hydrogens is 136 g/mol. The van der Waals surface area contributed by atoms with Gasteiger partial charge in [0.15, 0.2) is 0 Å². The highest BCUT2D eigenvalue weighted by Crippen LogP contribution is 1.71. The zero-order valence-corrected chi connectivity index (χ0v) is 5.84. The molecule has 0 rings (SSSR count). The second-order valence-electron chi connectivity index (χ2n) is 1.59. The molecule has 0 radical (unpaired) electrons. The normalized spacial score (nSPS) is 8.20. The summed E-state index contributed by atoms with van der Waals surface area (Å²) in [5.41, 5.74) is 6.92. The van der Waals surface area contributed by atoms with Crippen molar-refractivity contribution in [2.75, 3.05) is 14.1 Å². The average Bonchev–Trinajstić information content (AvgIpc) is 1.87. The zero-order valence-electron chi connectivity index (χ0n) is 5.84. The van der Waals surface area contributed by atoms with Gasteiger partial charge in [0.05, 0.1) is 0 Å². The van der Waals surface area contributed by atoms with Crippen LogP contribution in [0.2, 0.25) is 0 Å². The number of carbonyl (C=O) groups is 2. The van der Waals surface area contributed by atoms with Gasteiger partial charge >= 0.3 is 12.1 Å². The first-order valence-electron chi connectivity index (χ1n) is 2.59. The Morgan fingerprint density at radius 3 is 2.30 bits per heavy atom. The molecule has 0 saturated heterocycles. The fourth-order valence-electron chi connectivity index (χ4n) is 0.263. The predicted molar refractivity (Wildman–Crippen MR) is 34.9 cm³/mol. The van der Waals surface area contributed by atoms with Gasteiger partial charge in [-0.2, -0.15) is 0 Å². The van der Waals surface area contributed by atoms with Crippen molar-refractivity contribution in [3.8, 4) is 0 Å². The SMILES string of the molecule is CNC(=O)NN(C)C(N)=O. The molecule has 0 aliphatic carbocycles. The number of nitrogens with two attached hydrogens (primary N) is 1. The van der Waals surface area contributed by atoms with Crippen molar-refractivity contribution in [3.63, 3.8) is 0 Å². The third kappa shape index (κ3) is 2.75. The lowest BCUT2D eigenvalue weighted by atomic mass is 10.9. The van der Waals surface area contributed by atoms with Crippen molar-refractivity contribution in [1.29, 1.82) is 0 Å². The van der Waals surface area contributed by atoms with Gasteiger partial charge in [-0.15, -0.1) is 0 Å². The van der Waals surface area contributed by atoms with Gasteiger partial charge in [0.25, 0.3) is 0 Å². The summed E-state index contributed by atoms with van der Waals surface area (Å²) in [7, 11) is 2.78. The molecule has 0 aromatic rings. The largest absolute Gasteiger partial charge is 0.350 e. The first-order chi connectivity index (χ1) is 4.57. The first kappa shape index (κ1) is 8.54. The first-order valence-corrected chi connectivity index (χ1v) is 2.59. The maximum absolute atomic E-state index is 10.5. The quantitative estimate of drug-likeness (QED) is 0.376. The van der Waals surface area contributed by atoms with Crippen molar-refractivity contribution >= 4 is 12.1 Å². The number of hydrazine groups is 1. The summed E-state index contributed by atoms with van der Waals surface area (Å²) in [4.78, 5) is 20.7. The van der Waals surface area contributed by atoms with Crippen molar-refractivity contribution in [2.45, 2.75) is 0 Å². The van der Waals surface area contributed by atoms with E-state index in [1.807, 2.05) is 0 Å². The minimum atomic E-state index is -0.719. The second kappa shape index (κ2) is 3.54. The molecule has 0 aliphatic rings. The fourth-order valence-corrected chi connectivity index (χ4v) is 0.263. The lowest BCUT2D eigenvalue weighted by Gasteiger charge is -2.14. The van der Waals surface area contributed by atoms with Gasteiger partial charge in [0, 0.05) is 14.1 Å². The number of rotatable bonds is 0. The Balaban J connectivity index is 3.68. The van der Waals surface area contributed by atoms with Crippen LogP contribution >= 0.6 is 0 Å². The molecular formula is C4H10N4O2. The summed E-state index contributed by atoms with van der Waals surface area (Å²) >= 11 is 0. The van der Waals surface area contributed by atoms with Gasteiger partial charge in [-0.3, -0.25) is 0 Å². The molecule has 0 fully saturated rings. The van der Waals surface area contributed by atoms with E-state index in [0.717, 1.165) is 5.01 Å². The van der Waals surface area contributed by atoms with Gasteiger partial charge in [-0.05, 0) is 0 Å². The van der Waals surface area contributed by atoms with Crippen molar-refractivity contribution in [3.05, 3.63) is 0 Å². The molecule has 4 N–H and O–H groups in total. The minimum Gasteiger partial charge on any atom is -0.350 e. The van der Waals surface area contributed by atoms with E-state index in [0.29, 0.717) is 0 Å². The molecule has 0 unspecified atom stereocenters. The van der Waals surface area contributed by atoms with Crippen LogP contribution in [-0.4, -0.2) is 31.2 Å². The van der Waals surface area contributed by atoms with Gasteiger partial charge in [-0.1, -0.05) is 0 Å². The molecule has 0 atom stereocenters. The van der Waals surface area contributed by atoms with Crippen LogP contribution in [0.4, 0.5) is 9.59 Å². The van der Waals surface area contributed by atoms with E-state index in [2.05, 4.69) is 10.7 Å². The number of primary amides is 1. The number of nitrogens with zero attached hydrogens (tertiary/aromatic N) is 1. The molecule has 6 nitrogen and oxygen atoms in total. The Labute approximate surface area is 58.3 Å². The lowest BCUT2D eigenvalue weighted by Crippen LogP contribution is -2.49. The Hall–Kier alpha value is -1.46. The maximum atomic E-state index is 10.5. The van der Waals surface area contributed by atoms with E-state index in [1.165, 1.54) is 14.1 Å². The van der Waals surface area contributed by atoms with Crippen molar-refractivity contribution in [2.24, 2.45) is 5.73 Å². The van der Waals surface area contributed by atoms with E-state index in [1.54, 1.807) is 0 Å². The molecule has 10 heavy (non-hydrogen) atoms. The molecule has 58 valence electrons. The number of hydrogen-bond acceptors (Lipinski definition) is 2. The van der Waals surface area contributed by atoms with E-state index >= 15 is 0 Å². The van der Waals surface area contributed by atoms with Gasteiger partial charge < -0.3 is 11.1 Å². The van der Waals surface area contributed by atoms with E-state index in [4.69, 9.17) is 5.73 Å². The molecule has 0 aromatic heterocycles. The standard InChI is InChI=1S/C4H10N4O2/c1-6-4(10)7-8(2)3(5)9/h1-2H3,(H2,5,9)(H2,6,7,10). The van der Waals surface area contributed by atoms with E-state index in [9.17, 15) is 9.59 Å². The molecule has 0 saturated carbocycles. The third-order valence-electron chi connectivity index (χ3n) is 0.827. The van der Waals surface area contributed by atoms with E-state index < -0.39 is 12.1 Å². The lowest BCUT2D eigenvalue weighted by molar-refractivity contribution is 0.189. The fraction of sp³-hybridized carbons (Fsp3) is 0.500. The number of urea groups is 2. The van der Waals surface area contributed by atoms with E-state index in [-0.39, 0.29) is 0 Å². The summed E-state index contributed by atoms with van der Waals surface area (Å²) < 4.78 is 0. The number of nitrogens with one attached hydrogen (secondary N) is 2. The van der Waals surface area contributed by atoms with Crippen LogP contribution in [0, 0.1) is 0 Å². The third-order valence-corrected chi connectivity index (χ3v) is 0.827. The Kier molecular flexibility index (Phi) is 3.03. The number of carbonyl (C=O) groups excluding carboxylic acids is 2. The predicted octanol–water partition coefficient (Wildman–Crippen LogP) is -1.16. The van der Waals surface area contributed by atoms with Crippen molar-refractivity contribution < 1.29 is 9.59 Å². The van der Waals surface area contributed by atoms with Crippen LogP contribution in [0.3, 0.4) is 0 Å². The molecule has 0 aliphatic heterocycles. The molecule has 0 bridgehead atoms. The summed E-state index contributed by atoms with van der Waals surface area (Å²) in [5, 5.41) is 3.13. The summed E-state index contributed by atoms with van der Waals surface area (Å²) in [6, 6.07) is -1.20. The average molecular weight is 146 g/mol. The second-order valence-corrected chi connectivity index (χ2v) is 1.59. The smallest absolute Gasteiger partial charge is 0.333 e. The molecule has 0 aromatic carbocycles. The molecule has 6 heteroatoms. The Morgan fingerprint density at radius 2 is 2.00 bits per heavy atom. The topological polar surface area (TPSA) is 87.5 Å². The molecule has 0 heterocycles. The highest BCUT2D eigenvalue weighted by molar-refractivity contribution is 5.78. The summed E-state index contributed by atoms with van der Waals surface area (Å²) in [6.07, 6.45) is 0. The maximum Gasteiger partial charge on any atom is 0.333 e. The summed E-state index contributed by atoms with van der Waals surface area (Å²) in [5.74, 6) is 0. The molecule has 4 amide bonds. The Bertz CT molecular complexity index is 146.